The third-order valence-corrected chi connectivity index (χ3v) is 2.50. The van der Waals surface area contributed by atoms with Crippen molar-refractivity contribution in [3.63, 3.8) is 0 Å². The molecule has 1 aromatic carbocycles. The fraction of sp³-hybridized carbons (Fsp3) is 0.250. The van der Waals surface area contributed by atoms with Gasteiger partial charge in [0.25, 0.3) is 0 Å². The van der Waals surface area contributed by atoms with E-state index in [0.717, 1.165) is 0 Å². The molecule has 0 amide bonds. The van der Waals surface area contributed by atoms with Gasteiger partial charge in [0.2, 0.25) is 0 Å². The van der Waals surface area contributed by atoms with Crippen LogP contribution in [0.1, 0.15) is 11.6 Å². The van der Waals surface area contributed by atoms with Crippen LogP contribution in [0.2, 0.25) is 0 Å². The minimum absolute atomic E-state index is 0.177. The molecule has 0 aromatic heterocycles. The van der Waals surface area contributed by atoms with Gasteiger partial charge in [-0.05, 0) is 28.7 Å². The summed E-state index contributed by atoms with van der Waals surface area (Å²) < 4.78 is 0.580. The molecule has 0 spiro atoms. The Hall–Kier alpha value is -0.930. The van der Waals surface area contributed by atoms with Gasteiger partial charge in [-0.25, -0.2) is 0 Å². The van der Waals surface area contributed by atoms with Crippen molar-refractivity contribution in [3.8, 4) is 5.75 Å². The second kappa shape index (κ2) is 4.73. The highest BCUT2D eigenvalue weighted by Crippen LogP contribution is 2.34. The minimum atomic E-state index is -0.821. The van der Waals surface area contributed by atoms with Gasteiger partial charge >= 0.3 is 5.69 Å². The van der Waals surface area contributed by atoms with E-state index in [1.807, 2.05) is 22.6 Å². The quantitative estimate of drug-likeness (QED) is 0.435. The summed E-state index contributed by atoms with van der Waals surface area (Å²) in [7, 11) is 0. The number of nitro groups is 1. The second-order valence-electron chi connectivity index (χ2n) is 2.91. The van der Waals surface area contributed by atoms with Gasteiger partial charge in [0.15, 0.2) is 5.75 Å². The average molecular weight is 324 g/mol. The molecular weight excluding hydrogens is 315 g/mol. The predicted molar refractivity (Wildman–Crippen MR) is 61.5 cm³/mol. The lowest BCUT2D eigenvalue weighted by molar-refractivity contribution is -0.386. The number of rotatable bonds is 3. The zero-order valence-corrected chi connectivity index (χ0v) is 9.71. The van der Waals surface area contributed by atoms with E-state index in [4.69, 9.17) is 10.8 Å². The fourth-order valence-electron chi connectivity index (χ4n) is 1.13. The highest BCUT2D eigenvalue weighted by atomic mass is 127. The molecule has 1 aromatic rings. The van der Waals surface area contributed by atoms with E-state index in [1.165, 1.54) is 12.1 Å². The first kappa shape index (κ1) is 12.1. The average Bonchev–Trinajstić information content (AvgIpc) is 2.19. The number of hydrogen-bond acceptors (Lipinski definition) is 5. The molecule has 0 saturated carbocycles. The number of nitro benzene ring substituents is 1. The number of aliphatic hydroxyl groups excluding tert-OH is 1. The Morgan fingerprint density at radius 1 is 1.60 bits per heavy atom. The van der Waals surface area contributed by atoms with Gasteiger partial charge in [-0.3, -0.25) is 10.1 Å². The minimum Gasteiger partial charge on any atom is -0.502 e. The van der Waals surface area contributed by atoms with Crippen molar-refractivity contribution in [3.05, 3.63) is 31.4 Å². The number of benzene rings is 1. The van der Waals surface area contributed by atoms with Crippen LogP contribution < -0.4 is 5.73 Å². The number of aliphatic hydroxyl groups is 1. The summed E-state index contributed by atoms with van der Waals surface area (Å²) in [4.78, 5) is 9.89. The van der Waals surface area contributed by atoms with Gasteiger partial charge in [-0.1, -0.05) is 0 Å². The summed E-state index contributed by atoms with van der Waals surface area (Å²) in [5, 5.41) is 28.9. The molecule has 0 bridgehead atoms. The number of nitrogens with zero attached hydrogens (tertiary/aromatic N) is 1. The van der Waals surface area contributed by atoms with Gasteiger partial charge in [0.05, 0.1) is 17.6 Å². The standard InChI is InChI=1S/C8H9IN2O4/c9-4-1-5(6(10)3-12)8(13)7(2-4)11(14)15/h1-2,6,12-13H,3,10H2/t6-/m1/s1. The largest absolute Gasteiger partial charge is 0.502 e. The SMILES string of the molecule is N[C@H](CO)c1cc(I)cc([N+](=O)[O-])c1O. The Balaban J connectivity index is 3.34. The van der Waals surface area contributed by atoms with Crippen LogP contribution in [0.25, 0.3) is 0 Å². The summed E-state index contributed by atoms with van der Waals surface area (Å²) in [6.07, 6.45) is 0. The lowest BCUT2D eigenvalue weighted by Crippen LogP contribution is -2.15. The molecule has 82 valence electrons. The Labute approximate surface area is 99.0 Å². The summed E-state index contributed by atoms with van der Waals surface area (Å²) >= 11 is 1.88. The van der Waals surface area contributed by atoms with Crippen molar-refractivity contribution in [2.45, 2.75) is 6.04 Å². The summed E-state index contributed by atoms with van der Waals surface area (Å²) in [6, 6.07) is 1.92. The van der Waals surface area contributed by atoms with Crippen molar-refractivity contribution < 1.29 is 15.1 Å². The van der Waals surface area contributed by atoms with Gasteiger partial charge in [0.1, 0.15) is 0 Å². The molecule has 4 N–H and O–H groups in total. The summed E-state index contributed by atoms with van der Waals surface area (Å²) in [5.41, 5.74) is 5.27. The van der Waals surface area contributed by atoms with E-state index in [0.29, 0.717) is 3.57 Å². The maximum absolute atomic E-state index is 10.6. The fourth-order valence-corrected chi connectivity index (χ4v) is 1.76. The molecule has 0 radical (unpaired) electrons. The number of phenolic OH excluding ortho intramolecular Hbond substituents is 1. The molecule has 0 fully saturated rings. The second-order valence-corrected chi connectivity index (χ2v) is 4.15. The van der Waals surface area contributed by atoms with Crippen LogP contribution in [-0.4, -0.2) is 21.7 Å². The Morgan fingerprint density at radius 3 is 2.67 bits per heavy atom. The van der Waals surface area contributed by atoms with Gasteiger partial charge in [-0.15, -0.1) is 0 Å². The summed E-state index contributed by atoms with van der Waals surface area (Å²) in [6.45, 7) is -0.384. The Bertz CT molecular complexity index is 396. The van der Waals surface area contributed by atoms with Crippen molar-refractivity contribution in [1.29, 1.82) is 0 Å². The molecular formula is C8H9IN2O4. The monoisotopic (exact) mass is 324 g/mol. The van der Waals surface area contributed by atoms with E-state index < -0.39 is 22.4 Å². The molecule has 0 saturated heterocycles. The molecule has 0 aliphatic heterocycles. The highest BCUT2D eigenvalue weighted by Gasteiger charge is 2.21. The van der Waals surface area contributed by atoms with E-state index in [1.54, 1.807) is 0 Å². The van der Waals surface area contributed by atoms with Gasteiger partial charge in [0, 0.05) is 15.2 Å². The Morgan fingerprint density at radius 2 is 2.20 bits per heavy atom. The van der Waals surface area contributed by atoms with Crippen LogP contribution in [0, 0.1) is 13.7 Å². The van der Waals surface area contributed by atoms with E-state index in [9.17, 15) is 15.2 Å². The van der Waals surface area contributed by atoms with Gasteiger partial charge in [-0.2, -0.15) is 0 Å². The molecule has 7 heteroatoms. The first-order valence-corrected chi connectivity index (χ1v) is 5.08. The number of hydrogen-bond donors (Lipinski definition) is 3. The first-order valence-electron chi connectivity index (χ1n) is 4.00. The number of nitrogens with two attached hydrogens (primary N) is 1. The number of aromatic hydroxyl groups is 1. The smallest absolute Gasteiger partial charge is 0.312 e. The van der Waals surface area contributed by atoms with Crippen LogP contribution in [-0.2, 0) is 0 Å². The van der Waals surface area contributed by atoms with Crippen molar-refractivity contribution >= 4 is 28.3 Å². The lowest BCUT2D eigenvalue weighted by Gasteiger charge is -2.11. The molecule has 15 heavy (non-hydrogen) atoms. The normalized spacial score (nSPS) is 12.5. The zero-order valence-electron chi connectivity index (χ0n) is 7.55. The van der Waals surface area contributed by atoms with Crippen LogP contribution in [0.3, 0.4) is 0 Å². The molecule has 0 heterocycles. The maximum Gasteiger partial charge on any atom is 0.312 e. The van der Waals surface area contributed by atoms with E-state index >= 15 is 0 Å². The van der Waals surface area contributed by atoms with Gasteiger partial charge < -0.3 is 15.9 Å². The summed E-state index contributed by atoms with van der Waals surface area (Å²) in [5.74, 6) is -0.484. The van der Waals surface area contributed by atoms with Crippen LogP contribution in [0.15, 0.2) is 12.1 Å². The predicted octanol–water partition coefficient (Wildman–Crippen LogP) is 0.897. The first-order chi connectivity index (χ1) is 6.97. The zero-order chi connectivity index (χ0) is 11.6. The molecule has 6 nitrogen and oxygen atoms in total. The maximum atomic E-state index is 10.6. The van der Waals surface area contributed by atoms with E-state index in [2.05, 4.69) is 0 Å². The van der Waals surface area contributed by atoms with Crippen LogP contribution in [0.5, 0.6) is 5.75 Å². The number of halogens is 1. The third-order valence-electron chi connectivity index (χ3n) is 1.88. The number of phenols is 1. The third kappa shape index (κ3) is 2.55. The highest BCUT2D eigenvalue weighted by molar-refractivity contribution is 14.1. The topological polar surface area (TPSA) is 110 Å². The van der Waals surface area contributed by atoms with Crippen molar-refractivity contribution in [2.24, 2.45) is 5.73 Å². The van der Waals surface area contributed by atoms with E-state index in [-0.39, 0.29) is 12.2 Å². The molecule has 1 rings (SSSR count). The Kier molecular flexibility index (Phi) is 3.83. The van der Waals surface area contributed by atoms with Crippen LogP contribution >= 0.6 is 22.6 Å². The van der Waals surface area contributed by atoms with Crippen molar-refractivity contribution in [2.75, 3.05) is 6.61 Å². The molecule has 0 aliphatic rings. The van der Waals surface area contributed by atoms with Crippen LogP contribution in [0.4, 0.5) is 5.69 Å². The molecule has 1 atom stereocenters. The lowest BCUT2D eigenvalue weighted by atomic mass is 10.1. The molecule has 0 aliphatic carbocycles. The van der Waals surface area contributed by atoms with Crippen molar-refractivity contribution in [1.82, 2.24) is 0 Å². The molecule has 0 unspecified atom stereocenters.